The van der Waals surface area contributed by atoms with E-state index in [1.54, 1.807) is 0 Å². The lowest BCUT2D eigenvalue weighted by Crippen LogP contribution is -2.69. The molecule has 0 amide bonds. The normalized spacial score (nSPS) is 48.4. The monoisotopic (exact) mass is 342 g/mol. The van der Waals surface area contributed by atoms with E-state index in [2.05, 4.69) is 15.9 Å². The molecule has 0 spiro atoms. The van der Waals surface area contributed by atoms with Crippen molar-refractivity contribution in [2.24, 2.45) is 17.8 Å². The van der Waals surface area contributed by atoms with Crippen LogP contribution in [0.15, 0.2) is 11.6 Å². The summed E-state index contributed by atoms with van der Waals surface area (Å²) >= 11 is 3.61. The third-order valence-corrected chi connectivity index (χ3v) is 6.41. The number of carbonyl (C=O) groups excluding carboxylic acids is 2. The van der Waals surface area contributed by atoms with Gasteiger partial charge < -0.3 is 14.2 Å². The largest absolute Gasteiger partial charge is 0.469 e. The summed E-state index contributed by atoms with van der Waals surface area (Å²) in [6.45, 7) is 0.591. The van der Waals surface area contributed by atoms with Gasteiger partial charge in [0, 0.05) is 12.3 Å². The minimum atomic E-state index is -0.766. The van der Waals surface area contributed by atoms with Crippen molar-refractivity contribution in [3.63, 3.8) is 0 Å². The lowest BCUT2D eigenvalue weighted by molar-refractivity contribution is -0.196. The lowest BCUT2D eigenvalue weighted by Gasteiger charge is -2.59. The van der Waals surface area contributed by atoms with Gasteiger partial charge in [0.25, 0.3) is 0 Å². The third kappa shape index (κ3) is 1.41. The van der Waals surface area contributed by atoms with Crippen LogP contribution in [0.4, 0.5) is 0 Å². The van der Waals surface area contributed by atoms with Gasteiger partial charge in [-0.3, -0.25) is 9.59 Å². The molecular formula is C14H15BrO5. The predicted octanol–water partition coefficient (Wildman–Crippen LogP) is 1.20. The molecule has 5 aliphatic rings. The lowest BCUT2D eigenvalue weighted by atomic mass is 9.59. The Balaban J connectivity index is 1.81. The summed E-state index contributed by atoms with van der Waals surface area (Å²) in [5.41, 5.74) is 1.08. The van der Waals surface area contributed by atoms with Crippen LogP contribution in [0.1, 0.15) is 12.8 Å². The molecule has 6 atom stereocenters. The highest BCUT2D eigenvalue weighted by atomic mass is 79.9. The fraction of sp³-hybridized carbons (Fsp3) is 0.714. The predicted molar refractivity (Wildman–Crippen MR) is 71.1 cm³/mol. The van der Waals surface area contributed by atoms with Crippen LogP contribution in [0.5, 0.6) is 0 Å². The quantitative estimate of drug-likeness (QED) is 0.407. The van der Waals surface area contributed by atoms with E-state index in [-0.39, 0.29) is 41.9 Å². The van der Waals surface area contributed by atoms with Crippen molar-refractivity contribution in [2.75, 3.05) is 13.7 Å². The second-order valence-corrected chi connectivity index (χ2v) is 7.30. The van der Waals surface area contributed by atoms with Crippen molar-refractivity contribution in [1.82, 2.24) is 0 Å². The van der Waals surface area contributed by atoms with Gasteiger partial charge in [0.2, 0.25) is 0 Å². The molecule has 0 N–H and O–H groups in total. The molecule has 1 saturated carbocycles. The maximum absolute atomic E-state index is 12.2. The van der Waals surface area contributed by atoms with Crippen molar-refractivity contribution in [2.45, 2.75) is 29.4 Å². The van der Waals surface area contributed by atoms with Crippen LogP contribution in [0.2, 0.25) is 0 Å². The Morgan fingerprint density at radius 1 is 1.50 bits per heavy atom. The SMILES string of the molecule is COC(=O)[C@@H]1C=C2[C@@H]3C[C@@H]4OCC(C1)[C@H]2[C@]4(Br)C(=O)O3. The molecule has 0 aromatic carbocycles. The van der Waals surface area contributed by atoms with Gasteiger partial charge in [0.15, 0.2) is 4.32 Å². The summed E-state index contributed by atoms with van der Waals surface area (Å²) in [6.07, 6.45) is 2.93. The van der Waals surface area contributed by atoms with Crippen LogP contribution in [0, 0.1) is 17.8 Å². The number of alkyl halides is 1. The second-order valence-electron chi connectivity index (χ2n) is 5.99. The van der Waals surface area contributed by atoms with Crippen LogP contribution in [0.3, 0.4) is 0 Å². The number of fused-ring (bicyclic) bond motifs is 1. The molecule has 4 fully saturated rings. The minimum Gasteiger partial charge on any atom is -0.469 e. The number of carbonyl (C=O) groups is 2. The Hall–Kier alpha value is -0.880. The van der Waals surface area contributed by atoms with Crippen molar-refractivity contribution in [1.29, 1.82) is 0 Å². The molecule has 3 heterocycles. The standard InChI is InChI=1S/C14H15BrO5/c1-18-12(16)6-2-7-5-19-10-4-9-8(3-6)11(7)14(10,15)13(17)20-9/h3,6-7,9-11H,2,4-5H2,1H3/t6-,7?,9-,10-,11+,14-/m0/s1. The van der Waals surface area contributed by atoms with E-state index in [0.29, 0.717) is 19.4 Å². The zero-order valence-electron chi connectivity index (χ0n) is 11.0. The molecule has 3 aliphatic heterocycles. The van der Waals surface area contributed by atoms with Gasteiger partial charge in [-0.2, -0.15) is 0 Å². The molecule has 2 aliphatic carbocycles. The maximum atomic E-state index is 12.2. The van der Waals surface area contributed by atoms with E-state index < -0.39 is 4.32 Å². The summed E-state index contributed by atoms with van der Waals surface area (Å²) in [6, 6.07) is 0. The molecule has 3 saturated heterocycles. The van der Waals surface area contributed by atoms with Gasteiger partial charge >= 0.3 is 11.9 Å². The van der Waals surface area contributed by atoms with Crippen LogP contribution < -0.4 is 0 Å². The molecule has 5 nitrogen and oxygen atoms in total. The van der Waals surface area contributed by atoms with Crippen molar-refractivity contribution >= 4 is 27.9 Å². The molecule has 0 aromatic rings. The number of halogens is 1. The van der Waals surface area contributed by atoms with Gasteiger partial charge in [-0.1, -0.05) is 22.0 Å². The van der Waals surface area contributed by atoms with E-state index >= 15 is 0 Å². The highest BCUT2D eigenvalue weighted by Gasteiger charge is 2.67. The zero-order chi connectivity index (χ0) is 14.1. The summed E-state index contributed by atoms with van der Waals surface area (Å²) in [7, 11) is 1.40. The Morgan fingerprint density at radius 3 is 3.05 bits per heavy atom. The first kappa shape index (κ1) is 12.8. The molecule has 108 valence electrons. The average molecular weight is 343 g/mol. The number of esters is 2. The average Bonchev–Trinajstić information content (AvgIpc) is 2.45. The molecule has 0 radical (unpaired) electrons. The third-order valence-electron chi connectivity index (χ3n) is 5.08. The first-order valence-electron chi connectivity index (χ1n) is 6.86. The van der Waals surface area contributed by atoms with E-state index in [1.807, 2.05) is 6.08 Å². The van der Waals surface area contributed by atoms with Gasteiger partial charge in [-0.15, -0.1) is 0 Å². The second kappa shape index (κ2) is 4.07. The molecule has 1 unspecified atom stereocenters. The van der Waals surface area contributed by atoms with E-state index in [1.165, 1.54) is 7.11 Å². The van der Waals surface area contributed by atoms with Crippen molar-refractivity contribution in [3.8, 4) is 0 Å². The molecular weight excluding hydrogens is 328 g/mol. The number of hydrogen-bond donors (Lipinski definition) is 0. The molecule has 4 bridgehead atoms. The van der Waals surface area contributed by atoms with Crippen molar-refractivity contribution < 1.29 is 23.8 Å². The van der Waals surface area contributed by atoms with Gasteiger partial charge in [0.05, 0.1) is 25.7 Å². The fourth-order valence-electron chi connectivity index (χ4n) is 4.24. The smallest absolute Gasteiger partial charge is 0.326 e. The van der Waals surface area contributed by atoms with Crippen LogP contribution in [-0.4, -0.2) is 42.2 Å². The van der Waals surface area contributed by atoms with Crippen LogP contribution in [0.25, 0.3) is 0 Å². The van der Waals surface area contributed by atoms with E-state index in [9.17, 15) is 9.59 Å². The Morgan fingerprint density at radius 2 is 2.30 bits per heavy atom. The fourth-order valence-corrected chi connectivity index (χ4v) is 5.29. The Kier molecular flexibility index (Phi) is 2.61. The molecule has 0 aromatic heterocycles. The number of rotatable bonds is 1. The number of hydrogen-bond acceptors (Lipinski definition) is 5. The van der Waals surface area contributed by atoms with E-state index in [0.717, 1.165) is 5.57 Å². The summed E-state index contributed by atoms with van der Waals surface area (Å²) in [4.78, 5) is 24.1. The molecule has 20 heavy (non-hydrogen) atoms. The Labute approximate surface area is 124 Å². The highest BCUT2D eigenvalue weighted by Crippen LogP contribution is 2.59. The topological polar surface area (TPSA) is 61.8 Å². The van der Waals surface area contributed by atoms with Gasteiger partial charge in [-0.25, -0.2) is 0 Å². The van der Waals surface area contributed by atoms with Crippen molar-refractivity contribution in [3.05, 3.63) is 11.6 Å². The minimum absolute atomic E-state index is 0.0853. The van der Waals surface area contributed by atoms with Gasteiger partial charge in [0.1, 0.15) is 6.10 Å². The Bertz CT molecular complexity index is 530. The summed E-state index contributed by atoms with van der Waals surface area (Å²) in [5.74, 6) is -0.463. The number of methoxy groups -OCH3 is 1. The zero-order valence-corrected chi connectivity index (χ0v) is 12.6. The molecule has 5 rings (SSSR count). The van der Waals surface area contributed by atoms with E-state index in [4.69, 9.17) is 14.2 Å². The number of ether oxygens (including phenoxy) is 3. The highest BCUT2D eigenvalue weighted by molar-refractivity contribution is 9.10. The van der Waals surface area contributed by atoms with Gasteiger partial charge in [-0.05, 0) is 17.9 Å². The summed E-state index contributed by atoms with van der Waals surface area (Å²) < 4.78 is 15.5. The maximum Gasteiger partial charge on any atom is 0.326 e. The first-order chi connectivity index (χ1) is 9.55. The first-order valence-corrected chi connectivity index (χ1v) is 7.66. The molecule has 6 heteroatoms. The summed E-state index contributed by atoms with van der Waals surface area (Å²) in [5, 5.41) is 0. The van der Waals surface area contributed by atoms with Crippen LogP contribution >= 0.6 is 15.9 Å². The van der Waals surface area contributed by atoms with Crippen LogP contribution in [-0.2, 0) is 23.8 Å².